The molecule has 1 aliphatic heterocycles. The van der Waals surface area contributed by atoms with Crippen molar-refractivity contribution in [3.63, 3.8) is 0 Å². The minimum Gasteiger partial charge on any atom is -0.408 e. The number of aromatic nitrogens is 1. The van der Waals surface area contributed by atoms with Crippen molar-refractivity contribution in [3.8, 4) is 0 Å². The Bertz CT molecular complexity index is 696. The van der Waals surface area contributed by atoms with Crippen molar-refractivity contribution >= 4 is 17.0 Å². The van der Waals surface area contributed by atoms with Gasteiger partial charge in [0.2, 0.25) is 5.91 Å². The van der Waals surface area contributed by atoms with Gasteiger partial charge in [-0.3, -0.25) is 9.36 Å². The third kappa shape index (κ3) is 1.55. The number of para-hydroxylation sites is 2. The molecule has 18 heavy (non-hydrogen) atoms. The lowest BCUT2D eigenvalue weighted by atomic mass is 10.0. The van der Waals surface area contributed by atoms with Gasteiger partial charge in [0.15, 0.2) is 5.58 Å². The molecule has 1 N–H and O–H groups in total. The first kappa shape index (κ1) is 10.8. The molecular weight excluding hydrogens is 232 g/mol. The van der Waals surface area contributed by atoms with Crippen LogP contribution in [-0.4, -0.2) is 10.5 Å². The first-order chi connectivity index (χ1) is 8.66. The molecule has 2 aromatic rings. The largest absolute Gasteiger partial charge is 0.420 e. The highest BCUT2D eigenvalue weighted by Crippen LogP contribution is 2.27. The van der Waals surface area contributed by atoms with E-state index in [0.717, 1.165) is 5.52 Å². The van der Waals surface area contributed by atoms with Crippen LogP contribution in [0.2, 0.25) is 0 Å². The fraction of sp³-hybridized carbons (Fsp3) is 0.231. The molecule has 3 rings (SSSR count). The van der Waals surface area contributed by atoms with Gasteiger partial charge >= 0.3 is 5.76 Å². The van der Waals surface area contributed by atoms with E-state index >= 15 is 0 Å². The number of piperidine rings is 1. The fourth-order valence-electron chi connectivity index (χ4n) is 2.33. The maximum atomic E-state index is 11.9. The Morgan fingerprint density at radius 3 is 2.89 bits per heavy atom. The van der Waals surface area contributed by atoms with Crippen molar-refractivity contribution in [2.45, 2.75) is 18.9 Å². The molecule has 1 unspecified atom stereocenters. The van der Waals surface area contributed by atoms with Gasteiger partial charge in [-0.15, -0.1) is 0 Å². The molecule has 0 saturated carbocycles. The van der Waals surface area contributed by atoms with Gasteiger partial charge in [-0.25, -0.2) is 4.79 Å². The molecule has 1 fully saturated rings. The zero-order valence-electron chi connectivity index (χ0n) is 9.68. The summed E-state index contributed by atoms with van der Waals surface area (Å²) in [6, 6.07) is 6.99. The van der Waals surface area contributed by atoms with Crippen molar-refractivity contribution in [2.24, 2.45) is 0 Å². The number of hydrogen-bond acceptors (Lipinski definition) is 3. The Labute approximate surface area is 103 Å². The van der Waals surface area contributed by atoms with Crippen molar-refractivity contribution < 1.29 is 9.21 Å². The molecule has 5 heteroatoms. The van der Waals surface area contributed by atoms with Gasteiger partial charge in [-0.05, 0) is 18.6 Å². The highest BCUT2D eigenvalue weighted by atomic mass is 16.4. The van der Waals surface area contributed by atoms with E-state index in [1.165, 1.54) is 0 Å². The second-order valence-electron chi connectivity index (χ2n) is 4.33. The van der Waals surface area contributed by atoms with E-state index in [-0.39, 0.29) is 11.9 Å². The van der Waals surface area contributed by atoms with Crippen LogP contribution in [0.4, 0.5) is 0 Å². The zero-order valence-corrected chi connectivity index (χ0v) is 9.68. The topological polar surface area (TPSA) is 64.2 Å². The molecule has 1 aliphatic rings. The smallest absolute Gasteiger partial charge is 0.408 e. The molecule has 1 saturated heterocycles. The average molecular weight is 244 g/mol. The summed E-state index contributed by atoms with van der Waals surface area (Å²) in [5.74, 6) is -0.476. The number of allylic oxidation sites excluding steroid dienone is 1. The molecule has 1 aromatic heterocycles. The van der Waals surface area contributed by atoms with Crippen molar-refractivity contribution in [2.75, 3.05) is 0 Å². The van der Waals surface area contributed by atoms with E-state index in [0.29, 0.717) is 24.1 Å². The van der Waals surface area contributed by atoms with Gasteiger partial charge < -0.3 is 9.73 Å². The van der Waals surface area contributed by atoms with Crippen LogP contribution in [-0.2, 0) is 4.79 Å². The molecule has 0 bridgehead atoms. The Balaban J connectivity index is 2.14. The molecule has 0 aliphatic carbocycles. The minimum absolute atomic E-state index is 0.0582. The number of fused-ring (bicyclic) bond motifs is 1. The first-order valence-electron chi connectivity index (χ1n) is 5.75. The van der Waals surface area contributed by atoms with Crippen LogP contribution >= 0.6 is 0 Å². The minimum atomic E-state index is -0.418. The summed E-state index contributed by atoms with van der Waals surface area (Å²) < 4.78 is 6.73. The molecule has 1 atom stereocenters. The lowest BCUT2D eigenvalue weighted by molar-refractivity contribution is -0.121. The summed E-state index contributed by atoms with van der Waals surface area (Å²) in [7, 11) is 0. The lowest BCUT2D eigenvalue weighted by Gasteiger charge is -2.25. The quantitative estimate of drug-likeness (QED) is 0.828. The van der Waals surface area contributed by atoms with E-state index in [1.54, 1.807) is 10.6 Å². The predicted molar refractivity (Wildman–Crippen MR) is 66.0 cm³/mol. The molecular formula is C13H12N2O3. The van der Waals surface area contributed by atoms with Crippen LogP contribution in [0.1, 0.15) is 18.9 Å². The summed E-state index contributed by atoms with van der Waals surface area (Å²) in [6.45, 7) is 3.82. The Morgan fingerprint density at radius 1 is 1.33 bits per heavy atom. The van der Waals surface area contributed by atoms with Crippen LogP contribution in [0.25, 0.3) is 11.1 Å². The maximum Gasteiger partial charge on any atom is 0.420 e. The predicted octanol–water partition coefficient (Wildman–Crippen LogP) is 1.56. The highest BCUT2D eigenvalue weighted by molar-refractivity contribution is 5.79. The van der Waals surface area contributed by atoms with Crippen LogP contribution in [0.3, 0.4) is 0 Å². The third-order valence-corrected chi connectivity index (χ3v) is 3.18. The number of benzene rings is 1. The number of hydrogen-bond donors (Lipinski definition) is 1. The van der Waals surface area contributed by atoms with Gasteiger partial charge in [0.1, 0.15) is 0 Å². The van der Waals surface area contributed by atoms with Crippen LogP contribution < -0.4 is 11.1 Å². The van der Waals surface area contributed by atoms with Crippen LogP contribution in [0.15, 0.2) is 45.8 Å². The second-order valence-corrected chi connectivity index (χ2v) is 4.33. The van der Waals surface area contributed by atoms with E-state index in [1.807, 2.05) is 18.2 Å². The molecule has 92 valence electrons. The van der Waals surface area contributed by atoms with Crippen LogP contribution in [0, 0.1) is 0 Å². The molecule has 2 heterocycles. The highest BCUT2D eigenvalue weighted by Gasteiger charge is 2.26. The molecule has 1 aromatic carbocycles. The zero-order chi connectivity index (χ0) is 12.7. The van der Waals surface area contributed by atoms with Gasteiger partial charge in [0, 0.05) is 12.1 Å². The van der Waals surface area contributed by atoms with Gasteiger partial charge in [0.25, 0.3) is 0 Å². The van der Waals surface area contributed by atoms with Gasteiger partial charge in [-0.2, -0.15) is 0 Å². The Hall–Kier alpha value is -2.30. The SMILES string of the molecule is C=C1NC(=O)CCC1n1c(=O)oc2ccccc21. The number of carbonyl (C=O) groups is 1. The van der Waals surface area contributed by atoms with Gasteiger partial charge in [-0.1, -0.05) is 18.7 Å². The summed E-state index contributed by atoms with van der Waals surface area (Å²) in [5.41, 5.74) is 1.82. The summed E-state index contributed by atoms with van der Waals surface area (Å²) in [6.07, 6.45) is 0.948. The number of amides is 1. The Kier molecular flexibility index (Phi) is 2.33. The summed E-state index contributed by atoms with van der Waals surface area (Å²) in [5, 5.41) is 2.67. The Morgan fingerprint density at radius 2 is 2.11 bits per heavy atom. The van der Waals surface area contributed by atoms with E-state index in [9.17, 15) is 9.59 Å². The molecule has 0 radical (unpaired) electrons. The van der Waals surface area contributed by atoms with E-state index < -0.39 is 5.76 Å². The average Bonchev–Trinajstić information content (AvgIpc) is 2.66. The lowest BCUT2D eigenvalue weighted by Crippen LogP contribution is -2.36. The molecule has 5 nitrogen and oxygen atoms in total. The monoisotopic (exact) mass is 244 g/mol. The van der Waals surface area contributed by atoms with E-state index in [4.69, 9.17) is 4.42 Å². The first-order valence-corrected chi connectivity index (χ1v) is 5.75. The summed E-state index contributed by atoms with van der Waals surface area (Å²) >= 11 is 0. The van der Waals surface area contributed by atoms with Crippen LogP contribution in [0.5, 0.6) is 0 Å². The number of rotatable bonds is 1. The number of oxazole rings is 1. The second kappa shape index (κ2) is 3.87. The number of carbonyl (C=O) groups excluding carboxylic acids is 1. The number of nitrogens with zero attached hydrogens (tertiary/aromatic N) is 1. The normalized spacial score (nSPS) is 20.1. The maximum absolute atomic E-state index is 11.9. The third-order valence-electron chi connectivity index (χ3n) is 3.18. The van der Waals surface area contributed by atoms with E-state index in [2.05, 4.69) is 11.9 Å². The fourth-order valence-corrected chi connectivity index (χ4v) is 2.33. The molecule has 0 spiro atoms. The summed E-state index contributed by atoms with van der Waals surface area (Å²) in [4.78, 5) is 23.2. The van der Waals surface area contributed by atoms with Crippen molar-refractivity contribution in [3.05, 3.63) is 47.1 Å². The number of nitrogens with one attached hydrogen (secondary N) is 1. The standard InChI is InChI=1S/C13H12N2O3/c1-8-9(6-7-12(16)14-8)15-10-4-2-3-5-11(10)18-13(15)17/h2-5,9H,1,6-7H2,(H,14,16). The van der Waals surface area contributed by atoms with Crippen molar-refractivity contribution in [1.82, 2.24) is 9.88 Å². The van der Waals surface area contributed by atoms with Gasteiger partial charge in [0.05, 0.1) is 11.6 Å². The molecule has 1 amide bonds. The van der Waals surface area contributed by atoms with Crippen molar-refractivity contribution in [1.29, 1.82) is 0 Å².